The zero-order chi connectivity index (χ0) is 13.4. The number of sulfone groups is 1. The minimum atomic E-state index is -3.40. The first-order chi connectivity index (χ1) is 8.53. The van der Waals surface area contributed by atoms with E-state index in [1.807, 2.05) is 18.2 Å². The molecule has 0 N–H and O–H groups in total. The van der Waals surface area contributed by atoms with Gasteiger partial charge in [-0.25, -0.2) is 8.42 Å². The fraction of sp³-hybridized carbons (Fsp3) is 0.385. The SMILES string of the molecule is CCS(=O)(=O)[C@H]1[C@H](c2ccccc2)C1(C#N)C#N. The second kappa shape index (κ2) is 4.12. The Kier molecular flexibility index (Phi) is 2.88. The fourth-order valence-corrected chi connectivity index (χ4v) is 4.30. The van der Waals surface area contributed by atoms with Crippen molar-refractivity contribution in [2.75, 3.05) is 5.75 Å². The van der Waals surface area contributed by atoms with Gasteiger partial charge in [0.25, 0.3) is 0 Å². The lowest BCUT2D eigenvalue weighted by molar-refractivity contribution is 0.592. The Morgan fingerprint density at radius 1 is 1.22 bits per heavy atom. The van der Waals surface area contributed by atoms with Gasteiger partial charge in [-0.3, -0.25) is 0 Å². The maximum atomic E-state index is 12.0. The monoisotopic (exact) mass is 260 g/mol. The van der Waals surface area contributed by atoms with E-state index in [2.05, 4.69) is 0 Å². The Morgan fingerprint density at radius 2 is 1.78 bits per heavy atom. The van der Waals surface area contributed by atoms with E-state index in [4.69, 9.17) is 0 Å². The van der Waals surface area contributed by atoms with Crippen LogP contribution in [0.4, 0.5) is 0 Å². The van der Waals surface area contributed by atoms with Crippen molar-refractivity contribution in [1.82, 2.24) is 0 Å². The second-order valence-electron chi connectivity index (χ2n) is 4.35. The highest BCUT2D eigenvalue weighted by atomic mass is 32.2. The van der Waals surface area contributed by atoms with Gasteiger partial charge in [-0.15, -0.1) is 0 Å². The maximum Gasteiger partial charge on any atom is 0.169 e. The largest absolute Gasteiger partial charge is 0.228 e. The predicted octanol–water partition coefficient (Wildman–Crippen LogP) is 1.62. The first-order valence-electron chi connectivity index (χ1n) is 5.62. The van der Waals surface area contributed by atoms with Crippen molar-refractivity contribution >= 4 is 9.84 Å². The maximum absolute atomic E-state index is 12.0. The molecule has 1 saturated carbocycles. The quantitative estimate of drug-likeness (QED) is 0.826. The molecule has 1 aromatic carbocycles. The van der Waals surface area contributed by atoms with Crippen LogP contribution in [0.1, 0.15) is 18.4 Å². The number of hydrogen-bond donors (Lipinski definition) is 0. The van der Waals surface area contributed by atoms with Crippen molar-refractivity contribution in [3.05, 3.63) is 35.9 Å². The van der Waals surface area contributed by atoms with Gasteiger partial charge in [0, 0.05) is 11.7 Å². The highest BCUT2D eigenvalue weighted by Gasteiger charge is 2.72. The molecule has 92 valence electrons. The first-order valence-corrected chi connectivity index (χ1v) is 7.34. The summed E-state index contributed by atoms with van der Waals surface area (Å²) in [7, 11) is -3.40. The van der Waals surface area contributed by atoms with Gasteiger partial charge in [-0.1, -0.05) is 37.3 Å². The third-order valence-corrected chi connectivity index (χ3v) is 5.67. The molecular formula is C13H12N2O2S. The highest BCUT2D eigenvalue weighted by Crippen LogP contribution is 2.62. The number of nitriles is 2. The summed E-state index contributed by atoms with van der Waals surface area (Å²) < 4.78 is 24.0. The lowest BCUT2D eigenvalue weighted by Gasteiger charge is -1.98. The molecule has 0 bridgehead atoms. The van der Waals surface area contributed by atoms with Gasteiger partial charge in [0.15, 0.2) is 15.3 Å². The molecule has 18 heavy (non-hydrogen) atoms. The summed E-state index contributed by atoms with van der Waals surface area (Å²) >= 11 is 0. The molecule has 4 nitrogen and oxygen atoms in total. The minimum absolute atomic E-state index is 0.0495. The third-order valence-electron chi connectivity index (χ3n) is 3.45. The molecule has 0 saturated heterocycles. The summed E-state index contributed by atoms with van der Waals surface area (Å²) in [5.41, 5.74) is -0.682. The van der Waals surface area contributed by atoms with Crippen LogP contribution in [0.15, 0.2) is 30.3 Å². The molecule has 5 heteroatoms. The molecule has 1 aliphatic rings. The van der Waals surface area contributed by atoms with Crippen LogP contribution in [0.25, 0.3) is 0 Å². The van der Waals surface area contributed by atoms with Crippen molar-refractivity contribution < 1.29 is 8.42 Å². The van der Waals surface area contributed by atoms with Gasteiger partial charge in [0.05, 0.1) is 12.1 Å². The van der Waals surface area contributed by atoms with Crippen molar-refractivity contribution in [2.24, 2.45) is 5.41 Å². The van der Waals surface area contributed by atoms with E-state index < -0.39 is 26.4 Å². The molecule has 0 heterocycles. The van der Waals surface area contributed by atoms with Gasteiger partial charge in [0.2, 0.25) is 0 Å². The summed E-state index contributed by atoms with van der Waals surface area (Å²) in [5, 5.41) is 17.5. The average Bonchev–Trinajstić information content (AvgIpc) is 3.10. The predicted molar refractivity (Wildman–Crippen MR) is 66.1 cm³/mol. The Morgan fingerprint density at radius 3 is 2.22 bits per heavy atom. The smallest absolute Gasteiger partial charge is 0.169 e. The zero-order valence-electron chi connectivity index (χ0n) is 9.87. The van der Waals surface area contributed by atoms with Gasteiger partial charge in [0.1, 0.15) is 5.25 Å². The summed E-state index contributed by atoms with van der Waals surface area (Å²) in [6, 6.07) is 12.7. The number of benzene rings is 1. The van der Waals surface area contributed by atoms with Crippen molar-refractivity contribution in [1.29, 1.82) is 10.5 Å². The molecular weight excluding hydrogens is 248 g/mol. The second-order valence-corrected chi connectivity index (χ2v) is 6.76. The zero-order valence-corrected chi connectivity index (χ0v) is 10.7. The topological polar surface area (TPSA) is 81.7 Å². The summed E-state index contributed by atoms with van der Waals surface area (Å²) in [4.78, 5) is 0. The van der Waals surface area contributed by atoms with Crippen LogP contribution in [-0.4, -0.2) is 19.4 Å². The Balaban J connectivity index is 2.51. The molecule has 1 aliphatic carbocycles. The summed E-state index contributed by atoms with van der Waals surface area (Å²) in [6.07, 6.45) is 0. The molecule has 0 aliphatic heterocycles. The molecule has 0 aromatic heterocycles. The summed E-state index contributed by atoms with van der Waals surface area (Å²) in [5.74, 6) is -0.579. The van der Waals surface area contributed by atoms with Crippen LogP contribution in [-0.2, 0) is 9.84 Å². The van der Waals surface area contributed by atoms with E-state index in [-0.39, 0.29) is 5.75 Å². The van der Waals surface area contributed by atoms with E-state index in [0.29, 0.717) is 0 Å². The fourth-order valence-electron chi connectivity index (χ4n) is 2.42. The van der Waals surface area contributed by atoms with Crippen LogP contribution in [0.2, 0.25) is 0 Å². The molecule has 2 atom stereocenters. The van der Waals surface area contributed by atoms with Crippen LogP contribution >= 0.6 is 0 Å². The molecule has 2 rings (SSSR count). The Bertz CT molecular complexity index is 624. The number of rotatable bonds is 3. The van der Waals surface area contributed by atoms with Crippen LogP contribution < -0.4 is 0 Å². The van der Waals surface area contributed by atoms with Crippen LogP contribution in [0.5, 0.6) is 0 Å². The van der Waals surface area contributed by atoms with Crippen LogP contribution in [0, 0.1) is 28.1 Å². The number of nitrogens with zero attached hydrogens (tertiary/aromatic N) is 2. The Hall–Kier alpha value is -1.85. The van der Waals surface area contributed by atoms with Gasteiger partial charge in [-0.2, -0.15) is 10.5 Å². The van der Waals surface area contributed by atoms with E-state index in [1.54, 1.807) is 24.3 Å². The van der Waals surface area contributed by atoms with Crippen molar-refractivity contribution in [3.8, 4) is 12.1 Å². The Labute approximate surface area is 106 Å². The number of hydrogen-bond acceptors (Lipinski definition) is 4. The minimum Gasteiger partial charge on any atom is -0.228 e. The highest BCUT2D eigenvalue weighted by molar-refractivity contribution is 7.92. The lowest BCUT2D eigenvalue weighted by atomic mass is 10.0. The van der Waals surface area contributed by atoms with E-state index in [0.717, 1.165) is 5.56 Å². The molecule has 1 fully saturated rings. The lowest BCUT2D eigenvalue weighted by Crippen LogP contribution is -2.15. The standard InChI is InChI=1S/C13H12N2O2S/c1-2-18(16,17)12-11(13(12,8-14)9-15)10-6-4-3-5-7-10/h3-7,11-12H,2H2,1H3/t11-,12-/m0/s1. The third kappa shape index (κ3) is 1.60. The molecule has 1 aromatic rings. The van der Waals surface area contributed by atoms with Crippen LogP contribution in [0.3, 0.4) is 0 Å². The van der Waals surface area contributed by atoms with Gasteiger partial charge >= 0.3 is 0 Å². The normalized spacial score (nSPS) is 24.8. The van der Waals surface area contributed by atoms with E-state index >= 15 is 0 Å². The van der Waals surface area contributed by atoms with Crippen molar-refractivity contribution in [3.63, 3.8) is 0 Å². The van der Waals surface area contributed by atoms with E-state index in [9.17, 15) is 18.9 Å². The average molecular weight is 260 g/mol. The van der Waals surface area contributed by atoms with E-state index in [1.165, 1.54) is 6.92 Å². The molecule has 0 unspecified atom stereocenters. The molecule has 0 spiro atoms. The van der Waals surface area contributed by atoms with Gasteiger partial charge in [-0.05, 0) is 5.56 Å². The molecule has 0 radical (unpaired) electrons. The molecule has 0 amide bonds. The van der Waals surface area contributed by atoms with Crippen molar-refractivity contribution in [2.45, 2.75) is 18.1 Å². The summed E-state index contributed by atoms with van der Waals surface area (Å²) in [6.45, 7) is 1.54. The van der Waals surface area contributed by atoms with Gasteiger partial charge < -0.3 is 0 Å². The first kappa shape index (κ1) is 12.6.